The Kier molecular flexibility index (Phi) is 5.08. The van der Waals surface area contributed by atoms with Crippen molar-refractivity contribution in [3.8, 4) is 0 Å². The number of carbonyl (C=O) groups is 1. The molecule has 0 spiro atoms. The highest BCUT2D eigenvalue weighted by Gasteiger charge is 2.30. The number of hydrogen-bond acceptors (Lipinski definition) is 4. The lowest BCUT2D eigenvalue weighted by atomic mass is 9.98. The van der Waals surface area contributed by atoms with Crippen molar-refractivity contribution in [3.63, 3.8) is 0 Å². The first-order valence-electron chi connectivity index (χ1n) is 8.04. The van der Waals surface area contributed by atoms with Crippen molar-refractivity contribution < 1.29 is 22.4 Å². The first kappa shape index (κ1) is 17.5. The molecule has 0 bridgehead atoms. The first-order valence-corrected chi connectivity index (χ1v) is 8.04. The Morgan fingerprint density at radius 1 is 1.24 bits per heavy atom. The zero-order valence-electron chi connectivity index (χ0n) is 13.4. The number of rotatable bonds is 4. The van der Waals surface area contributed by atoms with E-state index in [0.29, 0.717) is 11.5 Å². The minimum absolute atomic E-state index is 0.118. The van der Waals surface area contributed by atoms with Crippen LogP contribution in [-0.4, -0.2) is 24.0 Å². The van der Waals surface area contributed by atoms with E-state index in [0.717, 1.165) is 38.1 Å². The second-order valence-corrected chi connectivity index (χ2v) is 5.97. The zero-order chi connectivity index (χ0) is 17.9. The molecular formula is C17H18F3N3O2. The van der Waals surface area contributed by atoms with Gasteiger partial charge in [0.1, 0.15) is 6.26 Å². The molecule has 0 aliphatic carbocycles. The van der Waals surface area contributed by atoms with E-state index in [9.17, 15) is 18.0 Å². The lowest BCUT2D eigenvalue weighted by molar-refractivity contribution is -0.137. The smallest absolute Gasteiger partial charge is 0.416 e. The molecule has 0 atom stereocenters. The maximum atomic E-state index is 12.5. The maximum Gasteiger partial charge on any atom is 0.416 e. The zero-order valence-corrected chi connectivity index (χ0v) is 13.4. The maximum absolute atomic E-state index is 12.5. The summed E-state index contributed by atoms with van der Waals surface area (Å²) in [7, 11) is 0. The van der Waals surface area contributed by atoms with Crippen LogP contribution in [0.3, 0.4) is 0 Å². The number of amides is 1. The van der Waals surface area contributed by atoms with Gasteiger partial charge in [0.25, 0.3) is 5.91 Å². The lowest BCUT2D eigenvalue weighted by Crippen LogP contribution is -2.27. The van der Waals surface area contributed by atoms with Crippen LogP contribution >= 0.6 is 0 Å². The van der Waals surface area contributed by atoms with Crippen LogP contribution in [0.2, 0.25) is 0 Å². The van der Waals surface area contributed by atoms with Gasteiger partial charge in [0.2, 0.25) is 0 Å². The van der Waals surface area contributed by atoms with Crippen molar-refractivity contribution in [1.29, 1.82) is 0 Å². The Morgan fingerprint density at radius 2 is 1.92 bits per heavy atom. The van der Waals surface area contributed by atoms with Crippen LogP contribution in [0, 0.1) is 0 Å². The summed E-state index contributed by atoms with van der Waals surface area (Å²) in [6.07, 6.45) is -1.23. The molecule has 1 aromatic heterocycles. The quantitative estimate of drug-likeness (QED) is 0.886. The molecule has 1 fully saturated rings. The van der Waals surface area contributed by atoms with E-state index in [1.807, 2.05) is 0 Å². The summed E-state index contributed by atoms with van der Waals surface area (Å²) in [4.78, 5) is 16.4. The molecule has 1 amide bonds. The van der Waals surface area contributed by atoms with Crippen LogP contribution in [0.5, 0.6) is 0 Å². The Balaban J connectivity index is 1.56. The fourth-order valence-corrected chi connectivity index (χ4v) is 2.73. The van der Waals surface area contributed by atoms with E-state index in [4.69, 9.17) is 4.42 Å². The normalized spacial score (nSPS) is 16.0. The molecule has 0 radical (unpaired) electrons. The molecular weight excluding hydrogens is 335 g/mol. The number of nitrogens with one attached hydrogen (secondary N) is 2. The molecule has 2 aromatic rings. The summed E-state index contributed by atoms with van der Waals surface area (Å²) in [5, 5.41) is 5.88. The number of benzene rings is 1. The van der Waals surface area contributed by atoms with Crippen LogP contribution in [-0.2, 0) is 12.7 Å². The van der Waals surface area contributed by atoms with Gasteiger partial charge < -0.3 is 15.1 Å². The third-order valence-electron chi connectivity index (χ3n) is 4.18. The van der Waals surface area contributed by atoms with Crippen molar-refractivity contribution in [2.24, 2.45) is 0 Å². The molecule has 8 heteroatoms. The summed E-state index contributed by atoms with van der Waals surface area (Å²) in [5.41, 5.74) is 0.0366. The number of alkyl halides is 3. The highest BCUT2D eigenvalue weighted by Crippen LogP contribution is 2.29. The number of aromatic nitrogens is 1. The van der Waals surface area contributed by atoms with Gasteiger partial charge in [-0.15, -0.1) is 0 Å². The van der Waals surface area contributed by atoms with Gasteiger partial charge in [0.15, 0.2) is 11.6 Å². The minimum Gasteiger partial charge on any atom is -0.448 e. The predicted octanol–water partition coefficient (Wildman–Crippen LogP) is 3.09. The summed E-state index contributed by atoms with van der Waals surface area (Å²) >= 11 is 0. The fraction of sp³-hybridized carbons (Fsp3) is 0.412. The summed E-state index contributed by atoms with van der Waals surface area (Å²) in [5.74, 6) is 0.350. The number of piperidine rings is 1. The van der Waals surface area contributed by atoms with Crippen molar-refractivity contribution >= 4 is 5.91 Å². The molecule has 0 saturated carbocycles. The van der Waals surface area contributed by atoms with Gasteiger partial charge in [-0.05, 0) is 43.6 Å². The molecule has 1 aliphatic rings. The topological polar surface area (TPSA) is 67.2 Å². The van der Waals surface area contributed by atoms with E-state index in [2.05, 4.69) is 15.6 Å². The Morgan fingerprint density at radius 3 is 2.56 bits per heavy atom. The van der Waals surface area contributed by atoms with Crippen molar-refractivity contribution in [1.82, 2.24) is 15.6 Å². The van der Waals surface area contributed by atoms with Gasteiger partial charge in [0.05, 0.1) is 5.56 Å². The molecule has 1 aliphatic heterocycles. The van der Waals surface area contributed by atoms with Gasteiger partial charge in [-0.1, -0.05) is 12.1 Å². The number of oxazole rings is 1. The van der Waals surface area contributed by atoms with Crippen molar-refractivity contribution in [2.75, 3.05) is 13.1 Å². The number of carbonyl (C=O) groups excluding carboxylic acids is 1. The standard InChI is InChI=1S/C17H18F3N3O2/c18-17(19,20)13-3-1-11(2-4-13)9-22-15(24)14-10-25-16(23-14)12-5-7-21-8-6-12/h1-4,10,12,21H,5-9H2,(H,22,24). The van der Waals surface area contributed by atoms with Crippen LogP contribution < -0.4 is 10.6 Å². The van der Waals surface area contributed by atoms with Crippen LogP contribution in [0.1, 0.15) is 46.3 Å². The largest absolute Gasteiger partial charge is 0.448 e. The van der Waals surface area contributed by atoms with Crippen LogP contribution in [0.4, 0.5) is 13.2 Å². The van der Waals surface area contributed by atoms with Gasteiger partial charge in [-0.25, -0.2) is 4.98 Å². The van der Waals surface area contributed by atoms with Gasteiger partial charge >= 0.3 is 6.18 Å². The van der Waals surface area contributed by atoms with Crippen LogP contribution in [0.15, 0.2) is 34.9 Å². The summed E-state index contributed by atoms with van der Waals surface area (Å²) < 4.78 is 43.0. The summed E-state index contributed by atoms with van der Waals surface area (Å²) in [6, 6.07) is 4.67. The van der Waals surface area contributed by atoms with E-state index in [1.54, 1.807) is 0 Å². The average Bonchev–Trinajstić information content (AvgIpc) is 3.10. The number of nitrogens with zero attached hydrogens (tertiary/aromatic N) is 1. The predicted molar refractivity (Wildman–Crippen MR) is 84.0 cm³/mol. The van der Waals surface area contributed by atoms with E-state index in [1.165, 1.54) is 18.4 Å². The molecule has 2 N–H and O–H groups in total. The molecule has 2 heterocycles. The first-order chi connectivity index (χ1) is 11.9. The molecule has 5 nitrogen and oxygen atoms in total. The molecule has 1 aromatic carbocycles. The van der Waals surface area contributed by atoms with E-state index in [-0.39, 0.29) is 18.2 Å². The molecule has 134 valence electrons. The Hall–Kier alpha value is -2.35. The van der Waals surface area contributed by atoms with Crippen molar-refractivity contribution in [3.05, 3.63) is 53.2 Å². The molecule has 3 rings (SSSR count). The number of hydrogen-bond donors (Lipinski definition) is 2. The lowest BCUT2D eigenvalue weighted by Gasteiger charge is -2.19. The van der Waals surface area contributed by atoms with Gasteiger partial charge in [-0.3, -0.25) is 4.79 Å². The minimum atomic E-state index is -4.37. The molecule has 0 unspecified atom stereocenters. The second-order valence-electron chi connectivity index (χ2n) is 5.97. The number of halogens is 3. The third-order valence-corrected chi connectivity index (χ3v) is 4.18. The Labute approximate surface area is 142 Å². The highest BCUT2D eigenvalue weighted by atomic mass is 19.4. The van der Waals surface area contributed by atoms with E-state index < -0.39 is 17.6 Å². The highest BCUT2D eigenvalue weighted by molar-refractivity contribution is 5.91. The monoisotopic (exact) mass is 353 g/mol. The SMILES string of the molecule is O=C(NCc1ccc(C(F)(F)F)cc1)c1coc(C2CCNCC2)n1. The van der Waals surface area contributed by atoms with E-state index >= 15 is 0 Å². The molecule has 1 saturated heterocycles. The van der Waals surface area contributed by atoms with Crippen LogP contribution in [0.25, 0.3) is 0 Å². The second kappa shape index (κ2) is 7.26. The fourth-order valence-electron chi connectivity index (χ4n) is 2.73. The van der Waals surface area contributed by atoms with Crippen molar-refractivity contribution in [2.45, 2.75) is 31.5 Å². The summed E-state index contributed by atoms with van der Waals surface area (Å²) in [6.45, 7) is 1.90. The Bertz CT molecular complexity index is 719. The molecule has 25 heavy (non-hydrogen) atoms. The average molecular weight is 353 g/mol. The third kappa shape index (κ3) is 4.39. The van der Waals surface area contributed by atoms with Gasteiger partial charge in [0, 0.05) is 12.5 Å². The van der Waals surface area contributed by atoms with Gasteiger partial charge in [-0.2, -0.15) is 13.2 Å².